The Labute approximate surface area is 166 Å². The molecule has 2 aromatic rings. The second-order valence-corrected chi connectivity index (χ2v) is 7.32. The number of hydroxylamine groups is 1. The molecule has 3 N–H and O–H groups in total. The zero-order chi connectivity index (χ0) is 19.9. The van der Waals surface area contributed by atoms with Gasteiger partial charge in [0.2, 0.25) is 0 Å². The van der Waals surface area contributed by atoms with E-state index in [4.69, 9.17) is 5.21 Å². The number of amides is 1. The highest BCUT2D eigenvalue weighted by molar-refractivity contribution is 5.90. The summed E-state index contributed by atoms with van der Waals surface area (Å²) in [5, 5.41) is 18.1. The molecule has 1 atom stereocenters. The van der Waals surface area contributed by atoms with Crippen molar-refractivity contribution in [3.63, 3.8) is 0 Å². The molecule has 0 aromatic heterocycles. The lowest BCUT2D eigenvalue weighted by Crippen LogP contribution is -2.32. The van der Waals surface area contributed by atoms with Crippen molar-refractivity contribution >= 4 is 12.0 Å². The van der Waals surface area contributed by atoms with Crippen LogP contribution in [-0.4, -0.2) is 40.8 Å². The van der Waals surface area contributed by atoms with Crippen LogP contribution in [0.4, 0.5) is 0 Å². The Morgan fingerprint density at radius 1 is 1.21 bits per heavy atom. The van der Waals surface area contributed by atoms with Crippen LogP contribution in [-0.2, 0) is 17.6 Å². The first kappa shape index (κ1) is 20.3. The van der Waals surface area contributed by atoms with Gasteiger partial charge in [-0.15, -0.1) is 0 Å². The molecule has 0 heterocycles. The van der Waals surface area contributed by atoms with E-state index in [0.717, 1.165) is 31.4 Å². The van der Waals surface area contributed by atoms with Gasteiger partial charge >= 0.3 is 0 Å². The van der Waals surface area contributed by atoms with Crippen LogP contribution in [0.1, 0.15) is 40.3 Å². The predicted molar refractivity (Wildman–Crippen MR) is 110 cm³/mol. The van der Waals surface area contributed by atoms with E-state index in [-0.39, 0.29) is 6.61 Å². The van der Waals surface area contributed by atoms with Crippen LogP contribution in [0.25, 0.3) is 6.08 Å². The van der Waals surface area contributed by atoms with Crippen molar-refractivity contribution in [1.82, 2.24) is 10.4 Å². The van der Waals surface area contributed by atoms with Gasteiger partial charge in [-0.25, -0.2) is 5.48 Å². The molecule has 0 radical (unpaired) electrons. The second-order valence-electron chi connectivity index (χ2n) is 7.32. The number of nitrogens with one attached hydrogen (secondary N) is 1. The molecule has 1 amide bonds. The molecule has 5 nitrogen and oxygen atoms in total. The fraction of sp³-hybridized carbons (Fsp3) is 0.348. The normalized spacial score (nSPS) is 15.9. The number of benzene rings is 2. The number of aliphatic hydroxyl groups excluding tert-OH is 1. The smallest absolute Gasteiger partial charge is 0.267 e. The zero-order valence-corrected chi connectivity index (χ0v) is 16.3. The van der Waals surface area contributed by atoms with Gasteiger partial charge in [0.15, 0.2) is 0 Å². The number of carbonyl (C=O) groups excluding carboxylic acids is 1. The van der Waals surface area contributed by atoms with E-state index in [0.29, 0.717) is 12.6 Å². The van der Waals surface area contributed by atoms with Gasteiger partial charge in [0.1, 0.15) is 0 Å². The van der Waals surface area contributed by atoms with Crippen molar-refractivity contribution in [2.24, 2.45) is 0 Å². The van der Waals surface area contributed by atoms with Gasteiger partial charge in [-0.2, -0.15) is 0 Å². The van der Waals surface area contributed by atoms with Crippen molar-refractivity contribution in [3.05, 3.63) is 76.4 Å². The maximum atomic E-state index is 11.2. The summed E-state index contributed by atoms with van der Waals surface area (Å²) in [6.45, 7) is 3.81. The van der Waals surface area contributed by atoms with Crippen molar-refractivity contribution in [2.45, 2.75) is 32.2 Å². The van der Waals surface area contributed by atoms with E-state index in [9.17, 15) is 9.90 Å². The van der Waals surface area contributed by atoms with Gasteiger partial charge in [0, 0.05) is 25.2 Å². The summed E-state index contributed by atoms with van der Waals surface area (Å²) in [7, 11) is 0. The van der Waals surface area contributed by atoms with Crippen molar-refractivity contribution in [3.8, 4) is 0 Å². The summed E-state index contributed by atoms with van der Waals surface area (Å²) >= 11 is 0. The van der Waals surface area contributed by atoms with Crippen molar-refractivity contribution in [1.29, 1.82) is 0 Å². The van der Waals surface area contributed by atoms with E-state index < -0.39 is 5.91 Å². The molecule has 28 heavy (non-hydrogen) atoms. The average molecular weight is 380 g/mol. The molecular formula is C23H28N2O3. The predicted octanol–water partition coefficient (Wildman–Crippen LogP) is 3.04. The highest BCUT2D eigenvalue weighted by atomic mass is 16.5. The van der Waals surface area contributed by atoms with Crippen molar-refractivity contribution < 1.29 is 15.1 Å². The second kappa shape index (κ2) is 9.64. The fourth-order valence-electron chi connectivity index (χ4n) is 3.89. The SMILES string of the molecule is Cc1ccc(CCN(CCO)C2CCc3cc(C=CC(=O)NO)ccc32)cc1. The van der Waals surface area contributed by atoms with E-state index in [1.165, 1.54) is 28.3 Å². The summed E-state index contributed by atoms with van der Waals surface area (Å²) < 4.78 is 0. The van der Waals surface area contributed by atoms with Crippen LogP contribution < -0.4 is 5.48 Å². The van der Waals surface area contributed by atoms with Gasteiger partial charge in [-0.1, -0.05) is 48.0 Å². The summed E-state index contributed by atoms with van der Waals surface area (Å²) in [6.07, 6.45) is 5.99. The van der Waals surface area contributed by atoms with E-state index >= 15 is 0 Å². The van der Waals surface area contributed by atoms with Gasteiger partial charge in [-0.05, 0) is 54.5 Å². The molecule has 0 bridgehead atoms. The maximum Gasteiger partial charge on any atom is 0.267 e. The fourth-order valence-corrected chi connectivity index (χ4v) is 3.89. The lowest BCUT2D eigenvalue weighted by Gasteiger charge is -2.29. The number of hydrogen-bond acceptors (Lipinski definition) is 4. The van der Waals surface area contributed by atoms with Crippen LogP contribution in [0.2, 0.25) is 0 Å². The summed E-state index contributed by atoms with van der Waals surface area (Å²) in [4.78, 5) is 13.5. The summed E-state index contributed by atoms with van der Waals surface area (Å²) in [5.74, 6) is -0.538. The van der Waals surface area contributed by atoms with E-state index in [1.54, 1.807) is 11.6 Å². The van der Waals surface area contributed by atoms with E-state index in [2.05, 4.69) is 48.2 Å². The standard InChI is InChI=1S/C23H28N2O3/c1-17-2-4-18(5-3-17)12-13-25(14-15-26)22-10-8-20-16-19(6-9-21(20)22)7-11-23(27)24-28/h2-7,9,11,16,22,26,28H,8,10,12-15H2,1H3,(H,24,27). The third-order valence-corrected chi connectivity index (χ3v) is 5.39. The molecule has 0 saturated heterocycles. The third kappa shape index (κ3) is 5.07. The Balaban J connectivity index is 1.70. The molecule has 0 fully saturated rings. The molecule has 2 aromatic carbocycles. The van der Waals surface area contributed by atoms with Gasteiger partial charge in [0.25, 0.3) is 5.91 Å². The number of fused-ring (bicyclic) bond motifs is 1. The minimum absolute atomic E-state index is 0.150. The minimum atomic E-state index is -0.538. The average Bonchev–Trinajstić information content (AvgIpc) is 3.13. The lowest BCUT2D eigenvalue weighted by atomic mass is 10.0. The zero-order valence-electron chi connectivity index (χ0n) is 16.3. The minimum Gasteiger partial charge on any atom is -0.395 e. The number of carbonyl (C=O) groups is 1. The van der Waals surface area contributed by atoms with Crippen LogP contribution in [0.5, 0.6) is 0 Å². The molecule has 0 spiro atoms. The number of aliphatic hydroxyl groups is 1. The Morgan fingerprint density at radius 2 is 2.00 bits per heavy atom. The van der Waals surface area contributed by atoms with Crippen LogP contribution in [0, 0.1) is 6.92 Å². The van der Waals surface area contributed by atoms with Crippen LogP contribution in [0.15, 0.2) is 48.5 Å². The quantitative estimate of drug-likeness (QED) is 0.374. The summed E-state index contributed by atoms with van der Waals surface area (Å²) in [5.41, 5.74) is 7.71. The maximum absolute atomic E-state index is 11.2. The molecule has 0 aliphatic heterocycles. The van der Waals surface area contributed by atoms with Crippen LogP contribution >= 0.6 is 0 Å². The Kier molecular flexibility index (Phi) is 6.98. The topological polar surface area (TPSA) is 72.8 Å². The largest absolute Gasteiger partial charge is 0.395 e. The van der Waals surface area contributed by atoms with Crippen LogP contribution in [0.3, 0.4) is 0 Å². The monoisotopic (exact) mass is 380 g/mol. The van der Waals surface area contributed by atoms with Gasteiger partial charge < -0.3 is 5.11 Å². The molecule has 5 heteroatoms. The molecule has 1 aliphatic carbocycles. The Bertz CT molecular complexity index is 830. The molecule has 148 valence electrons. The summed E-state index contributed by atoms with van der Waals surface area (Å²) in [6, 6.07) is 15.2. The Hall–Kier alpha value is -2.47. The molecular weight excluding hydrogens is 352 g/mol. The number of nitrogens with zero attached hydrogens (tertiary/aromatic N) is 1. The third-order valence-electron chi connectivity index (χ3n) is 5.39. The first-order valence-corrected chi connectivity index (χ1v) is 9.76. The number of hydrogen-bond donors (Lipinski definition) is 3. The first-order valence-electron chi connectivity index (χ1n) is 9.76. The highest BCUT2D eigenvalue weighted by Gasteiger charge is 2.27. The first-order chi connectivity index (χ1) is 13.6. The number of aryl methyl sites for hydroxylation is 2. The highest BCUT2D eigenvalue weighted by Crippen LogP contribution is 2.36. The molecule has 1 unspecified atom stereocenters. The lowest BCUT2D eigenvalue weighted by molar-refractivity contribution is -0.124. The van der Waals surface area contributed by atoms with Crippen molar-refractivity contribution in [2.75, 3.05) is 19.7 Å². The Morgan fingerprint density at radius 3 is 2.71 bits per heavy atom. The van der Waals surface area contributed by atoms with E-state index in [1.807, 2.05) is 6.07 Å². The molecule has 3 rings (SSSR count). The number of rotatable bonds is 8. The molecule has 0 saturated carbocycles. The van der Waals surface area contributed by atoms with Gasteiger partial charge in [0.05, 0.1) is 6.61 Å². The molecule has 1 aliphatic rings. The van der Waals surface area contributed by atoms with Gasteiger partial charge in [-0.3, -0.25) is 14.9 Å².